The van der Waals surface area contributed by atoms with Crippen molar-refractivity contribution in [3.63, 3.8) is 0 Å². The Balaban J connectivity index is 1.87. The average molecular weight is 465 g/mol. The summed E-state index contributed by atoms with van der Waals surface area (Å²) in [5.74, 6) is -3.23. The summed E-state index contributed by atoms with van der Waals surface area (Å²) in [6.45, 7) is 0.257. The van der Waals surface area contributed by atoms with Crippen LogP contribution in [0.15, 0.2) is 35.2 Å². The first-order chi connectivity index (χ1) is 13.6. The minimum atomic E-state index is -3.98. The molecule has 0 radical (unpaired) electrons. The van der Waals surface area contributed by atoms with Crippen LogP contribution >= 0.6 is 23.2 Å². The molecule has 1 amide bonds. The molecule has 6 nitrogen and oxygen atoms in total. The van der Waals surface area contributed by atoms with Gasteiger partial charge < -0.3 is 10.4 Å². The van der Waals surface area contributed by atoms with Crippen LogP contribution in [0.25, 0.3) is 0 Å². The molecule has 29 heavy (non-hydrogen) atoms. The highest BCUT2D eigenvalue weighted by Crippen LogP contribution is 2.29. The monoisotopic (exact) mass is 464 g/mol. The number of hydrogen-bond donors (Lipinski definition) is 2. The number of carbonyl (C=O) groups excluding carboxylic acids is 1. The van der Waals surface area contributed by atoms with E-state index in [2.05, 4.69) is 5.32 Å². The number of aliphatic hydroxyl groups excluding tert-OH is 1. The van der Waals surface area contributed by atoms with Crippen LogP contribution < -0.4 is 5.32 Å². The highest BCUT2D eigenvalue weighted by molar-refractivity contribution is 7.89. The van der Waals surface area contributed by atoms with E-state index in [1.165, 1.54) is 16.4 Å². The summed E-state index contributed by atoms with van der Waals surface area (Å²) >= 11 is 11.6. The highest BCUT2D eigenvalue weighted by atomic mass is 35.5. The predicted octanol–water partition coefficient (Wildman–Crippen LogP) is 3.67. The molecule has 11 heteroatoms. The summed E-state index contributed by atoms with van der Waals surface area (Å²) in [6.07, 6.45) is 0.0407. The lowest BCUT2D eigenvalue weighted by Gasteiger charge is -2.29. The zero-order valence-corrected chi connectivity index (χ0v) is 17.2. The Morgan fingerprint density at radius 3 is 2.38 bits per heavy atom. The Hall–Kier alpha value is -1.78. The van der Waals surface area contributed by atoms with Crippen LogP contribution in [-0.2, 0) is 10.0 Å². The third-order valence-electron chi connectivity index (χ3n) is 4.48. The lowest BCUT2D eigenvalue weighted by molar-refractivity contribution is 0.102. The molecule has 2 N–H and O–H groups in total. The van der Waals surface area contributed by atoms with Gasteiger partial charge in [0.25, 0.3) is 5.91 Å². The highest BCUT2D eigenvalue weighted by Gasteiger charge is 2.31. The van der Waals surface area contributed by atoms with Crippen LogP contribution in [0.4, 0.5) is 14.5 Å². The quantitative estimate of drug-likeness (QED) is 0.675. The fourth-order valence-corrected chi connectivity index (χ4v) is 5.07. The van der Waals surface area contributed by atoms with Gasteiger partial charge in [-0.2, -0.15) is 4.31 Å². The largest absolute Gasteiger partial charge is 0.393 e. The maximum atomic E-state index is 13.5. The second-order valence-electron chi connectivity index (χ2n) is 6.49. The lowest BCUT2D eigenvalue weighted by atomic mass is 10.1. The Morgan fingerprint density at radius 2 is 1.76 bits per heavy atom. The van der Waals surface area contributed by atoms with Gasteiger partial charge in [0.15, 0.2) is 11.6 Å². The van der Waals surface area contributed by atoms with E-state index in [4.69, 9.17) is 23.2 Å². The Bertz CT molecular complexity index is 1030. The number of piperidine rings is 1. The van der Waals surface area contributed by atoms with Crippen molar-refractivity contribution < 1.29 is 27.1 Å². The molecule has 1 saturated heterocycles. The summed E-state index contributed by atoms with van der Waals surface area (Å²) in [4.78, 5) is 12.2. The van der Waals surface area contributed by atoms with E-state index in [0.717, 1.165) is 18.2 Å². The second-order valence-corrected chi connectivity index (χ2v) is 9.21. The molecule has 1 aliphatic heterocycles. The molecule has 1 heterocycles. The maximum Gasteiger partial charge on any atom is 0.255 e. The van der Waals surface area contributed by atoms with Crippen molar-refractivity contribution in [3.8, 4) is 0 Å². The Morgan fingerprint density at radius 1 is 1.10 bits per heavy atom. The minimum absolute atomic E-state index is 0.0501. The van der Waals surface area contributed by atoms with Crippen LogP contribution in [0, 0.1) is 11.6 Å². The number of rotatable bonds is 4. The number of nitrogens with zero attached hydrogens (tertiary/aromatic N) is 1. The van der Waals surface area contributed by atoms with E-state index in [1.54, 1.807) is 0 Å². The van der Waals surface area contributed by atoms with Gasteiger partial charge in [-0.05, 0) is 37.1 Å². The Labute approximate surface area is 176 Å². The first kappa shape index (κ1) is 21.9. The molecule has 2 aromatic carbocycles. The number of amides is 1. The molecule has 1 aliphatic rings. The third kappa shape index (κ3) is 4.70. The van der Waals surface area contributed by atoms with Crippen LogP contribution in [-0.4, -0.2) is 42.9 Å². The van der Waals surface area contributed by atoms with E-state index < -0.39 is 38.7 Å². The van der Waals surface area contributed by atoms with Gasteiger partial charge in [0, 0.05) is 30.4 Å². The van der Waals surface area contributed by atoms with Crippen molar-refractivity contribution in [2.45, 2.75) is 23.8 Å². The molecule has 0 aromatic heterocycles. The summed E-state index contributed by atoms with van der Waals surface area (Å²) in [7, 11) is -3.98. The Kier molecular flexibility index (Phi) is 6.45. The summed E-state index contributed by atoms with van der Waals surface area (Å²) in [6, 6.07) is 5.47. The maximum absolute atomic E-state index is 13.5. The number of nitrogens with one attached hydrogen (secondary N) is 1. The van der Waals surface area contributed by atoms with Crippen molar-refractivity contribution in [3.05, 3.63) is 57.6 Å². The summed E-state index contributed by atoms with van der Waals surface area (Å²) < 4.78 is 53.7. The molecular weight excluding hydrogens is 449 g/mol. The number of halogens is 4. The van der Waals surface area contributed by atoms with E-state index in [0.29, 0.717) is 12.8 Å². The SMILES string of the molecule is O=C(Nc1cc(F)c(F)c(Cl)c1)c1ccc(Cl)c(S(=O)(=O)N2CCC(O)CC2)c1. The van der Waals surface area contributed by atoms with E-state index in [9.17, 15) is 27.1 Å². The van der Waals surface area contributed by atoms with Crippen molar-refractivity contribution in [1.29, 1.82) is 0 Å². The van der Waals surface area contributed by atoms with Crippen LogP contribution in [0.5, 0.6) is 0 Å². The number of hydrogen-bond acceptors (Lipinski definition) is 4. The zero-order valence-electron chi connectivity index (χ0n) is 14.8. The van der Waals surface area contributed by atoms with Gasteiger partial charge in [-0.15, -0.1) is 0 Å². The zero-order chi connectivity index (χ0) is 21.3. The molecule has 0 spiro atoms. The van der Waals surface area contributed by atoms with E-state index in [1.807, 2.05) is 0 Å². The van der Waals surface area contributed by atoms with Crippen LogP contribution in [0.1, 0.15) is 23.2 Å². The fraction of sp³-hybridized carbons (Fsp3) is 0.278. The fourth-order valence-electron chi connectivity index (χ4n) is 2.89. The number of carbonyl (C=O) groups is 1. The second kappa shape index (κ2) is 8.53. The molecule has 0 atom stereocenters. The molecule has 0 aliphatic carbocycles. The van der Waals surface area contributed by atoms with E-state index >= 15 is 0 Å². The molecule has 0 unspecified atom stereocenters. The van der Waals surface area contributed by atoms with Gasteiger partial charge in [-0.25, -0.2) is 17.2 Å². The number of aliphatic hydroxyl groups is 1. The first-order valence-electron chi connectivity index (χ1n) is 8.53. The number of sulfonamides is 1. The first-order valence-corrected chi connectivity index (χ1v) is 10.7. The molecule has 3 rings (SSSR count). The molecule has 2 aromatic rings. The van der Waals surface area contributed by atoms with E-state index in [-0.39, 0.29) is 34.3 Å². The van der Waals surface area contributed by atoms with Crippen molar-refractivity contribution >= 4 is 44.8 Å². The third-order valence-corrected chi connectivity index (χ3v) is 7.13. The minimum Gasteiger partial charge on any atom is -0.393 e. The molecule has 0 saturated carbocycles. The predicted molar refractivity (Wildman–Crippen MR) is 105 cm³/mol. The van der Waals surface area contributed by atoms with Gasteiger partial charge in [0.2, 0.25) is 10.0 Å². The van der Waals surface area contributed by atoms with Crippen molar-refractivity contribution in [2.24, 2.45) is 0 Å². The van der Waals surface area contributed by atoms with Gasteiger partial charge in [-0.3, -0.25) is 4.79 Å². The molecule has 0 bridgehead atoms. The molecular formula is C18H16Cl2F2N2O4S. The number of benzene rings is 2. The topological polar surface area (TPSA) is 86.7 Å². The molecule has 1 fully saturated rings. The number of anilines is 1. The van der Waals surface area contributed by atoms with Crippen molar-refractivity contribution in [2.75, 3.05) is 18.4 Å². The standard InChI is InChI=1S/C18H16Cl2F2N2O4S/c19-13-2-1-10(18(26)23-11-8-14(20)17(22)15(21)9-11)7-16(13)29(27,28)24-5-3-12(25)4-6-24/h1-2,7-9,12,25H,3-6H2,(H,23,26). The van der Waals surface area contributed by atoms with Crippen LogP contribution in [0.3, 0.4) is 0 Å². The van der Waals surface area contributed by atoms with Gasteiger partial charge in [0.1, 0.15) is 4.90 Å². The van der Waals surface area contributed by atoms with Gasteiger partial charge >= 0.3 is 0 Å². The normalized spacial score (nSPS) is 16.0. The van der Waals surface area contributed by atoms with Crippen molar-refractivity contribution in [1.82, 2.24) is 4.31 Å². The average Bonchev–Trinajstić information content (AvgIpc) is 2.66. The molecule has 156 valence electrons. The summed E-state index contributed by atoms with van der Waals surface area (Å²) in [5, 5.41) is 11.3. The van der Waals surface area contributed by atoms with Gasteiger partial charge in [-0.1, -0.05) is 23.2 Å². The summed E-state index contributed by atoms with van der Waals surface area (Å²) in [5.41, 5.74) is -0.144. The van der Waals surface area contributed by atoms with Crippen LogP contribution in [0.2, 0.25) is 10.0 Å². The van der Waals surface area contributed by atoms with Gasteiger partial charge in [0.05, 0.1) is 16.1 Å². The lowest BCUT2D eigenvalue weighted by Crippen LogP contribution is -2.40. The smallest absolute Gasteiger partial charge is 0.255 e.